The van der Waals surface area contributed by atoms with Crippen LogP contribution in [0.5, 0.6) is 5.75 Å². The fourth-order valence-electron chi connectivity index (χ4n) is 3.90. The molecule has 0 N–H and O–H groups in total. The lowest BCUT2D eigenvalue weighted by molar-refractivity contribution is -0.158. The van der Waals surface area contributed by atoms with Gasteiger partial charge in [0.05, 0.1) is 18.4 Å². The SMILES string of the molecule is CCCCCCCCCOC(=O)C1CCCCC1C(=O)Oc1cccc(C)c1. The van der Waals surface area contributed by atoms with Gasteiger partial charge in [-0.05, 0) is 43.9 Å². The topological polar surface area (TPSA) is 52.6 Å². The summed E-state index contributed by atoms with van der Waals surface area (Å²) in [6.07, 6.45) is 11.6. The van der Waals surface area contributed by atoms with Gasteiger partial charge in [0.25, 0.3) is 0 Å². The van der Waals surface area contributed by atoms with Gasteiger partial charge < -0.3 is 9.47 Å². The van der Waals surface area contributed by atoms with Crippen molar-refractivity contribution in [1.82, 2.24) is 0 Å². The van der Waals surface area contributed by atoms with Gasteiger partial charge in [-0.25, -0.2) is 0 Å². The molecule has 28 heavy (non-hydrogen) atoms. The summed E-state index contributed by atoms with van der Waals surface area (Å²) in [6, 6.07) is 7.45. The average Bonchev–Trinajstić information content (AvgIpc) is 2.70. The zero-order chi connectivity index (χ0) is 20.2. The molecule has 0 aromatic heterocycles. The number of ether oxygens (including phenoxy) is 2. The van der Waals surface area contributed by atoms with Gasteiger partial charge in [-0.15, -0.1) is 0 Å². The van der Waals surface area contributed by atoms with Crippen molar-refractivity contribution in [1.29, 1.82) is 0 Å². The van der Waals surface area contributed by atoms with Gasteiger partial charge in [-0.1, -0.05) is 70.4 Å². The van der Waals surface area contributed by atoms with Gasteiger partial charge in [-0.3, -0.25) is 9.59 Å². The molecule has 156 valence electrons. The van der Waals surface area contributed by atoms with Crippen LogP contribution < -0.4 is 4.74 Å². The molecule has 1 aliphatic rings. The summed E-state index contributed by atoms with van der Waals surface area (Å²) in [7, 11) is 0. The number of carbonyl (C=O) groups excluding carboxylic acids is 2. The summed E-state index contributed by atoms with van der Waals surface area (Å²) in [4.78, 5) is 25.2. The molecule has 0 spiro atoms. The summed E-state index contributed by atoms with van der Waals surface area (Å²) in [5.41, 5.74) is 1.04. The number of rotatable bonds is 11. The minimum Gasteiger partial charge on any atom is -0.465 e. The van der Waals surface area contributed by atoms with Crippen LogP contribution >= 0.6 is 0 Å². The van der Waals surface area contributed by atoms with E-state index in [9.17, 15) is 9.59 Å². The molecule has 1 aliphatic carbocycles. The van der Waals surface area contributed by atoms with Crippen molar-refractivity contribution in [2.45, 2.75) is 84.5 Å². The highest BCUT2D eigenvalue weighted by atomic mass is 16.5. The van der Waals surface area contributed by atoms with Crippen LogP contribution in [-0.2, 0) is 14.3 Å². The lowest BCUT2D eigenvalue weighted by Crippen LogP contribution is -2.36. The Morgan fingerprint density at radius 2 is 1.57 bits per heavy atom. The lowest BCUT2D eigenvalue weighted by Gasteiger charge is -2.28. The van der Waals surface area contributed by atoms with Gasteiger partial charge in [0.15, 0.2) is 0 Å². The largest absolute Gasteiger partial charge is 0.465 e. The van der Waals surface area contributed by atoms with Crippen LogP contribution in [0.15, 0.2) is 24.3 Å². The number of aryl methyl sites for hydroxylation is 1. The highest BCUT2D eigenvalue weighted by molar-refractivity contribution is 5.83. The van der Waals surface area contributed by atoms with Crippen molar-refractivity contribution in [3.05, 3.63) is 29.8 Å². The van der Waals surface area contributed by atoms with Crippen molar-refractivity contribution >= 4 is 11.9 Å². The third kappa shape index (κ3) is 7.65. The van der Waals surface area contributed by atoms with Crippen molar-refractivity contribution < 1.29 is 19.1 Å². The van der Waals surface area contributed by atoms with E-state index in [2.05, 4.69) is 6.92 Å². The van der Waals surface area contributed by atoms with Crippen LogP contribution in [0.4, 0.5) is 0 Å². The number of hydrogen-bond acceptors (Lipinski definition) is 4. The van der Waals surface area contributed by atoms with Gasteiger partial charge in [0.2, 0.25) is 0 Å². The minimum atomic E-state index is -0.393. The van der Waals surface area contributed by atoms with Crippen molar-refractivity contribution in [2.24, 2.45) is 11.8 Å². The van der Waals surface area contributed by atoms with Crippen LogP contribution in [0, 0.1) is 18.8 Å². The standard InChI is InChI=1S/C24H36O4/c1-3-4-5-6-7-8-11-17-27-23(25)21-15-9-10-16-22(21)24(26)28-20-14-12-13-19(2)18-20/h12-14,18,21-22H,3-11,15-17H2,1-2H3. The molecular formula is C24H36O4. The third-order valence-electron chi connectivity index (χ3n) is 5.57. The Kier molecular flexibility index (Phi) is 10.1. The summed E-state index contributed by atoms with van der Waals surface area (Å²) in [5.74, 6) is -0.739. The number of unbranched alkanes of at least 4 members (excludes halogenated alkanes) is 6. The van der Waals surface area contributed by atoms with Crippen LogP contribution in [0.25, 0.3) is 0 Å². The van der Waals surface area contributed by atoms with Gasteiger partial charge in [0, 0.05) is 0 Å². The molecule has 1 aromatic rings. The monoisotopic (exact) mass is 388 g/mol. The Bertz CT molecular complexity index is 610. The molecule has 0 saturated heterocycles. The molecule has 0 aliphatic heterocycles. The first-order valence-electron chi connectivity index (χ1n) is 11.1. The van der Waals surface area contributed by atoms with Gasteiger partial charge in [-0.2, -0.15) is 0 Å². The van der Waals surface area contributed by atoms with Crippen molar-refractivity contribution in [2.75, 3.05) is 6.61 Å². The molecule has 1 fully saturated rings. The molecule has 0 bridgehead atoms. The van der Waals surface area contributed by atoms with Gasteiger partial charge in [0.1, 0.15) is 5.75 Å². The van der Waals surface area contributed by atoms with Crippen LogP contribution in [0.2, 0.25) is 0 Å². The molecule has 4 heteroatoms. The first-order chi connectivity index (χ1) is 13.6. The zero-order valence-corrected chi connectivity index (χ0v) is 17.6. The first kappa shape index (κ1) is 22.4. The smallest absolute Gasteiger partial charge is 0.315 e. The maximum Gasteiger partial charge on any atom is 0.315 e. The minimum absolute atomic E-state index is 0.225. The Morgan fingerprint density at radius 3 is 2.25 bits per heavy atom. The van der Waals surface area contributed by atoms with E-state index in [-0.39, 0.29) is 17.9 Å². The van der Waals surface area contributed by atoms with E-state index in [1.54, 1.807) is 6.07 Å². The molecular weight excluding hydrogens is 352 g/mol. The van der Waals surface area contributed by atoms with E-state index < -0.39 is 5.92 Å². The van der Waals surface area contributed by atoms with E-state index in [1.807, 2.05) is 25.1 Å². The quantitative estimate of drug-likeness (QED) is 0.265. The maximum atomic E-state index is 12.7. The summed E-state index contributed by atoms with van der Waals surface area (Å²) < 4.78 is 11.1. The van der Waals surface area contributed by atoms with E-state index in [4.69, 9.17) is 9.47 Å². The highest BCUT2D eigenvalue weighted by Crippen LogP contribution is 2.32. The van der Waals surface area contributed by atoms with E-state index in [0.29, 0.717) is 25.2 Å². The molecule has 2 unspecified atom stereocenters. The third-order valence-corrected chi connectivity index (χ3v) is 5.57. The molecule has 0 amide bonds. The number of esters is 2. The predicted octanol–water partition coefficient (Wildman–Crippen LogP) is 6.00. The maximum absolute atomic E-state index is 12.7. The van der Waals surface area contributed by atoms with Crippen molar-refractivity contribution in [3.63, 3.8) is 0 Å². The summed E-state index contributed by atoms with van der Waals surface area (Å²) in [5, 5.41) is 0. The molecule has 1 saturated carbocycles. The Hall–Kier alpha value is -1.84. The Labute approximate surface area is 170 Å². The molecule has 0 heterocycles. The van der Waals surface area contributed by atoms with Crippen LogP contribution in [0.1, 0.15) is 83.1 Å². The number of carbonyl (C=O) groups is 2. The second-order valence-corrected chi connectivity index (χ2v) is 8.02. The number of hydrogen-bond donors (Lipinski definition) is 0. The van der Waals surface area contributed by atoms with Crippen LogP contribution in [0.3, 0.4) is 0 Å². The lowest BCUT2D eigenvalue weighted by atomic mass is 9.79. The fourth-order valence-corrected chi connectivity index (χ4v) is 3.90. The normalized spacial score (nSPS) is 19.2. The summed E-state index contributed by atoms with van der Waals surface area (Å²) >= 11 is 0. The summed E-state index contributed by atoms with van der Waals surface area (Å²) in [6.45, 7) is 4.64. The molecule has 2 rings (SSSR count). The fraction of sp³-hybridized carbons (Fsp3) is 0.667. The van der Waals surface area contributed by atoms with E-state index >= 15 is 0 Å². The Morgan fingerprint density at radius 1 is 0.929 bits per heavy atom. The molecule has 2 atom stereocenters. The second-order valence-electron chi connectivity index (χ2n) is 8.02. The van der Waals surface area contributed by atoms with Crippen molar-refractivity contribution in [3.8, 4) is 5.75 Å². The molecule has 0 radical (unpaired) electrons. The predicted molar refractivity (Wildman–Crippen MR) is 111 cm³/mol. The van der Waals surface area contributed by atoms with E-state index in [0.717, 1.165) is 31.2 Å². The average molecular weight is 389 g/mol. The van der Waals surface area contributed by atoms with E-state index in [1.165, 1.54) is 32.1 Å². The first-order valence-corrected chi connectivity index (χ1v) is 11.1. The second kappa shape index (κ2) is 12.6. The molecule has 1 aromatic carbocycles. The van der Waals surface area contributed by atoms with Gasteiger partial charge >= 0.3 is 11.9 Å². The van der Waals surface area contributed by atoms with Crippen LogP contribution in [-0.4, -0.2) is 18.5 Å². The highest BCUT2D eigenvalue weighted by Gasteiger charge is 2.38. The zero-order valence-electron chi connectivity index (χ0n) is 17.6. The molecule has 4 nitrogen and oxygen atoms in total. The number of benzene rings is 1. The Balaban J connectivity index is 1.76.